The van der Waals surface area contributed by atoms with Gasteiger partial charge in [0.15, 0.2) is 0 Å². The van der Waals surface area contributed by atoms with Gasteiger partial charge < -0.3 is 24.2 Å². The van der Waals surface area contributed by atoms with Crippen LogP contribution in [0.3, 0.4) is 0 Å². The average molecular weight is 386 g/mol. The van der Waals surface area contributed by atoms with Crippen LogP contribution >= 0.6 is 0 Å². The van der Waals surface area contributed by atoms with E-state index in [1.807, 2.05) is 17.0 Å². The molecule has 0 bridgehead atoms. The van der Waals surface area contributed by atoms with Gasteiger partial charge in [0.2, 0.25) is 0 Å². The lowest BCUT2D eigenvalue weighted by atomic mass is 10.1. The van der Waals surface area contributed by atoms with Crippen molar-refractivity contribution in [1.29, 1.82) is 0 Å². The summed E-state index contributed by atoms with van der Waals surface area (Å²) >= 11 is 0. The second-order valence-corrected chi connectivity index (χ2v) is 8.22. The summed E-state index contributed by atoms with van der Waals surface area (Å²) in [4.78, 5) is 17.1. The number of ether oxygens (including phenoxy) is 1. The second kappa shape index (κ2) is 8.13. The van der Waals surface area contributed by atoms with Gasteiger partial charge in [-0.05, 0) is 57.4 Å². The third kappa shape index (κ3) is 3.76. The predicted octanol–water partition coefficient (Wildman–Crippen LogP) is 2.73. The summed E-state index contributed by atoms with van der Waals surface area (Å²) in [6.07, 6.45) is 3.00. The van der Waals surface area contributed by atoms with E-state index >= 15 is 0 Å². The van der Waals surface area contributed by atoms with Crippen molar-refractivity contribution in [2.24, 2.45) is 0 Å². The Kier molecular flexibility index (Phi) is 5.60. The van der Waals surface area contributed by atoms with Crippen LogP contribution in [0.4, 0.5) is 0 Å². The van der Waals surface area contributed by atoms with Crippen LogP contribution in [0.25, 0.3) is 10.9 Å². The number of carbonyl (C=O) groups excluding carboxylic acids is 1. The Morgan fingerprint density at radius 3 is 2.64 bits per heavy atom. The molecule has 2 aliphatic heterocycles. The molecule has 1 N–H and O–H groups in total. The van der Waals surface area contributed by atoms with E-state index in [1.54, 1.807) is 0 Å². The molecule has 0 unspecified atom stereocenters. The number of piperidine rings is 1. The van der Waals surface area contributed by atoms with Crippen molar-refractivity contribution in [3.63, 3.8) is 0 Å². The molecule has 0 atom stereocenters. The maximum Gasteiger partial charge on any atom is 0.270 e. The highest BCUT2D eigenvalue weighted by Crippen LogP contribution is 2.29. The van der Waals surface area contributed by atoms with Crippen molar-refractivity contribution in [2.75, 3.05) is 32.8 Å². The molecule has 0 aliphatic carbocycles. The fraction of sp³-hybridized carbons (Fsp3) is 0.591. The molecule has 0 saturated carbocycles. The van der Waals surface area contributed by atoms with E-state index < -0.39 is 0 Å². The Morgan fingerprint density at radius 1 is 1.14 bits per heavy atom. The van der Waals surface area contributed by atoms with Gasteiger partial charge in [0.05, 0.1) is 0 Å². The number of amides is 1. The molecule has 2 aromatic rings. The van der Waals surface area contributed by atoms with Crippen LogP contribution in [0.2, 0.25) is 0 Å². The van der Waals surface area contributed by atoms with E-state index in [0.717, 1.165) is 54.8 Å². The number of likely N-dealkylation sites (tertiary alicyclic amines) is 1. The fourth-order valence-electron chi connectivity index (χ4n) is 4.40. The molecule has 0 radical (unpaired) electrons. The number of aliphatic hydroxyl groups is 1. The maximum absolute atomic E-state index is 12.8. The number of hydrogen-bond acceptors (Lipinski definition) is 4. The first-order valence-electron chi connectivity index (χ1n) is 10.5. The monoisotopic (exact) mass is 385 g/mol. The highest BCUT2D eigenvalue weighted by atomic mass is 16.5. The van der Waals surface area contributed by atoms with Crippen LogP contribution < -0.4 is 4.74 Å². The fourth-order valence-corrected chi connectivity index (χ4v) is 4.40. The molecule has 152 valence electrons. The Labute approximate surface area is 166 Å². The Bertz CT molecular complexity index is 837. The van der Waals surface area contributed by atoms with E-state index in [9.17, 15) is 4.79 Å². The summed E-state index contributed by atoms with van der Waals surface area (Å²) in [5, 5.41) is 10.1. The van der Waals surface area contributed by atoms with Crippen molar-refractivity contribution in [2.45, 2.75) is 51.8 Å². The van der Waals surface area contributed by atoms with Crippen LogP contribution in [-0.4, -0.2) is 70.3 Å². The number of aromatic nitrogens is 1. The van der Waals surface area contributed by atoms with Crippen LogP contribution in [0.1, 0.15) is 43.6 Å². The molecule has 1 fully saturated rings. The second-order valence-electron chi connectivity index (χ2n) is 8.22. The highest BCUT2D eigenvalue weighted by Gasteiger charge is 2.26. The first-order valence-corrected chi connectivity index (χ1v) is 10.5. The van der Waals surface area contributed by atoms with Gasteiger partial charge in [-0.15, -0.1) is 0 Å². The van der Waals surface area contributed by atoms with E-state index in [4.69, 9.17) is 9.84 Å². The lowest BCUT2D eigenvalue weighted by Gasteiger charge is -2.34. The smallest absolute Gasteiger partial charge is 0.270 e. The van der Waals surface area contributed by atoms with Crippen LogP contribution in [-0.2, 0) is 6.54 Å². The number of fused-ring (bicyclic) bond motifs is 3. The summed E-state index contributed by atoms with van der Waals surface area (Å²) in [7, 11) is 0. The molecule has 6 nitrogen and oxygen atoms in total. The van der Waals surface area contributed by atoms with Gasteiger partial charge in [-0.1, -0.05) is 0 Å². The molecule has 2 aliphatic rings. The molecule has 6 heteroatoms. The van der Waals surface area contributed by atoms with Gasteiger partial charge in [0.1, 0.15) is 17.5 Å². The van der Waals surface area contributed by atoms with E-state index in [-0.39, 0.29) is 18.6 Å². The topological polar surface area (TPSA) is 57.9 Å². The summed E-state index contributed by atoms with van der Waals surface area (Å²) in [6, 6.07) is 8.76. The molecule has 3 heterocycles. The summed E-state index contributed by atoms with van der Waals surface area (Å²) in [6.45, 7) is 8.88. The molecule has 1 saturated heterocycles. The minimum absolute atomic E-state index is 0.0550. The zero-order valence-electron chi connectivity index (χ0n) is 16.9. The lowest BCUT2D eigenvalue weighted by molar-refractivity contribution is 0.0695. The lowest BCUT2D eigenvalue weighted by Crippen LogP contribution is -2.41. The Morgan fingerprint density at radius 2 is 1.93 bits per heavy atom. The largest absolute Gasteiger partial charge is 0.490 e. The Balaban J connectivity index is 1.48. The molecule has 0 spiro atoms. The Hall–Kier alpha value is -2.05. The summed E-state index contributed by atoms with van der Waals surface area (Å²) < 4.78 is 8.37. The van der Waals surface area contributed by atoms with Crippen molar-refractivity contribution in [3.05, 3.63) is 30.0 Å². The minimum atomic E-state index is 0.0550. The minimum Gasteiger partial charge on any atom is -0.490 e. The van der Waals surface area contributed by atoms with Gasteiger partial charge in [-0.2, -0.15) is 0 Å². The van der Waals surface area contributed by atoms with Crippen molar-refractivity contribution < 1.29 is 14.6 Å². The van der Waals surface area contributed by atoms with Crippen molar-refractivity contribution >= 4 is 16.8 Å². The summed E-state index contributed by atoms with van der Waals surface area (Å²) in [5.74, 6) is 0.947. The zero-order valence-corrected chi connectivity index (χ0v) is 16.9. The van der Waals surface area contributed by atoms with Gasteiger partial charge in [-0.25, -0.2) is 0 Å². The molecule has 4 rings (SSSR count). The SMILES string of the molecule is CC(C)N1CCC(Oc2ccc3c(c2)cc2n3CCN(CCCO)C2=O)CC1. The normalized spacial score (nSPS) is 18.9. The number of carbonyl (C=O) groups is 1. The molecular weight excluding hydrogens is 354 g/mol. The molecule has 28 heavy (non-hydrogen) atoms. The standard InChI is InChI=1S/C22H31N3O3/c1-16(2)23-9-6-18(7-10-23)28-19-4-5-20-17(14-19)15-21-22(27)24(8-3-13-26)11-12-25(20)21/h4-5,14-16,18,26H,3,6-13H2,1-2H3. The molecule has 1 amide bonds. The maximum atomic E-state index is 12.8. The zero-order chi connectivity index (χ0) is 19.7. The summed E-state index contributed by atoms with van der Waals surface area (Å²) in [5.41, 5.74) is 1.83. The first kappa shape index (κ1) is 19.3. The third-order valence-corrected chi connectivity index (χ3v) is 6.07. The average Bonchev–Trinajstić information content (AvgIpc) is 3.06. The number of aliphatic hydroxyl groups excluding tert-OH is 1. The molecular formula is C22H31N3O3. The van der Waals surface area contributed by atoms with E-state index in [0.29, 0.717) is 25.6 Å². The van der Waals surface area contributed by atoms with Gasteiger partial charge in [0.25, 0.3) is 5.91 Å². The predicted molar refractivity (Wildman–Crippen MR) is 110 cm³/mol. The van der Waals surface area contributed by atoms with Crippen LogP contribution in [0.5, 0.6) is 5.75 Å². The quantitative estimate of drug-likeness (QED) is 0.831. The molecule has 1 aromatic heterocycles. The third-order valence-electron chi connectivity index (χ3n) is 6.07. The van der Waals surface area contributed by atoms with Gasteiger partial charge in [-0.3, -0.25) is 4.79 Å². The van der Waals surface area contributed by atoms with Crippen molar-refractivity contribution in [3.8, 4) is 5.75 Å². The van der Waals surface area contributed by atoms with Gasteiger partial charge in [0, 0.05) is 56.3 Å². The number of hydrogen-bond donors (Lipinski definition) is 1. The highest BCUT2D eigenvalue weighted by molar-refractivity contribution is 5.99. The number of rotatable bonds is 6. The first-order chi connectivity index (χ1) is 13.6. The van der Waals surface area contributed by atoms with E-state index in [2.05, 4.69) is 35.4 Å². The van der Waals surface area contributed by atoms with E-state index in [1.165, 1.54) is 0 Å². The van der Waals surface area contributed by atoms with Crippen LogP contribution in [0, 0.1) is 0 Å². The van der Waals surface area contributed by atoms with Gasteiger partial charge >= 0.3 is 0 Å². The van der Waals surface area contributed by atoms with Crippen LogP contribution in [0.15, 0.2) is 24.3 Å². The number of nitrogens with zero attached hydrogens (tertiary/aromatic N) is 3. The molecule has 1 aromatic carbocycles. The van der Waals surface area contributed by atoms with Crippen molar-refractivity contribution in [1.82, 2.24) is 14.4 Å². The number of benzene rings is 1.